The van der Waals surface area contributed by atoms with E-state index in [-0.39, 0.29) is 0 Å². The third-order valence-corrected chi connectivity index (χ3v) is 5.15. The van der Waals surface area contributed by atoms with Crippen LogP contribution in [0.5, 0.6) is 0 Å². The summed E-state index contributed by atoms with van der Waals surface area (Å²) in [5, 5.41) is 4.44. The molecule has 2 aromatic heterocycles. The van der Waals surface area contributed by atoms with Crippen LogP contribution in [0.15, 0.2) is 47.3 Å². The molecule has 0 saturated heterocycles. The van der Waals surface area contributed by atoms with Gasteiger partial charge in [0.25, 0.3) is 0 Å². The highest BCUT2D eigenvalue weighted by atomic mass is 32.1. The summed E-state index contributed by atoms with van der Waals surface area (Å²) in [6.45, 7) is 1.43. The molecular formula is C20H27N3OS. The molecule has 1 fully saturated rings. The van der Waals surface area contributed by atoms with Gasteiger partial charge in [0.2, 0.25) is 0 Å². The van der Waals surface area contributed by atoms with Crippen LogP contribution in [0.2, 0.25) is 0 Å². The average Bonchev–Trinajstić information content (AvgIpc) is 3.10. The van der Waals surface area contributed by atoms with E-state index < -0.39 is 0 Å². The molecule has 0 radical (unpaired) electrons. The molecule has 5 heteroatoms. The second-order valence-corrected chi connectivity index (χ2v) is 7.17. The largest absolute Gasteiger partial charge is 0.467 e. The molecule has 2 heterocycles. The Kier molecular flexibility index (Phi) is 6.86. The number of rotatable bonds is 5. The maximum absolute atomic E-state index is 5.76. The molecule has 0 amide bonds. The lowest BCUT2D eigenvalue weighted by atomic mass is 9.97. The molecule has 1 aliphatic carbocycles. The van der Waals surface area contributed by atoms with Crippen molar-refractivity contribution < 1.29 is 4.42 Å². The Morgan fingerprint density at radius 2 is 1.80 bits per heavy atom. The Balaban J connectivity index is 1.65. The van der Waals surface area contributed by atoms with Crippen molar-refractivity contribution in [2.45, 2.75) is 64.1 Å². The molecule has 134 valence electrons. The fourth-order valence-electron chi connectivity index (χ4n) is 3.37. The highest BCUT2D eigenvalue weighted by Gasteiger charge is 2.17. The summed E-state index contributed by atoms with van der Waals surface area (Å²) in [6.07, 6.45) is 14.4. The van der Waals surface area contributed by atoms with Gasteiger partial charge in [-0.1, -0.05) is 32.1 Å². The molecule has 4 nitrogen and oxygen atoms in total. The number of furan rings is 1. The van der Waals surface area contributed by atoms with Gasteiger partial charge in [-0.05, 0) is 54.9 Å². The van der Waals surface area contributed by atoms with Gasteiger partial charge in [-0.2, -0.15) is 0 Å². The van der Waals surface area contributed by atoms with E-state index in [1.807, 2.05) is 36.7 Å². The number of nitrogens with one attached hydrogen (secondary N) is 1. The zero-order valence-corrected chi connectivity index (χ0v) is 15.5. The van der Waals surface area contributed by atoms with Gasteiger partial charge in [0.15, 0.2) is 5.11 Å². The molecule has 3 rings (SSSR count). The Labute approximate surface area is 155 Å². The minimum Gasteiger partial charge on any atom is -0.467 e. The Morgan fingerprint density at radius 3 is 2.48 bits per heavy atom. The van der Waals surface area contributed by atoms with Crippen molar-refractivity contribution >= 4 is 17.3 Å². The zero-order valence-electron chi connectivity index (χ0n) is 14.7. The number of aromatic nitrogens is 1. The quantitative estimate of drug-likeness (QED) is 0.788. The molecular weight excluding hydrogens is 330 g/mol. The summed E-state index contributed by atoms with van der Waals surface area (Å²) in [7, 11) is 0. The van der Waals surface area contributed by atoms with Crippen molar-refractivity contribution in [2.75, 3.05) is 0 Å². The van der Waals surface area contributed by atoms with Gasteiger partial charge < -0.3 is 14.6 Å². The third kappa shape index (κ3) is 5.85. The topological polar surface area (TPSA) is 41.3 Å². The van der Waals surface area contributed by atoms with Gasteiger partial charge in [0.1, 0.15) is 5.76 Å². The summed E-state index contributed by atoms with van der Waals surface area (Å²) in [5.41, 5.74) is 1.20. The lowest BCUT2D eigenvalue weighted by Gasteiger charge is -2.29. The molecule has 0 aromatic carbocycles. The van der Waals surface area contributed by atoms with E-state index in [1.165, 1.54) is 50.5 Å². The van der Waals surface area contributed by atoms with Crippen LogP contribution in [0.1, 0.15) is 56.3 Å². The number of pyridine rings is 1. The summed E-state index contributed by atoms with van der Waals surface area (Å²) in [4.78, 5) is 6.28. The predicted octanol–water partition coefficient (Wildman–Crippen LogP) is 4.66. The van der Waals surface area contributed by atoms with Crippen LogP contribution in [0.4, 0.5) is 0 Å². The Morgan fingerprint density at radius 1 is 1.08 bits per heavy atom. The van der Waals surface area contributed by atoms with Crippen molar-refractivity contribution in [1.29, 1.82) is 0 Å². The summed E-state index contributed by atoms with van der Waals surface area (Å²) < 4.78 is 5.54. The van der Waals surface area contributed by atoms with Crippen molar-refractivity contribution in [3.8, 4) is 0 Å². The number of nitrogens with zero attached hydrogens (tertiary/aromatic N) is 2. The smallest absolute Gasteiger partial charge is 0.169 e. The molecule has 0 atom stereocenters. The highest BCUT2D eigenvalue weighted by molar-refractivity contribution is 7.80. The summed E-state index contributed by atoms with van der Waals surface area (Å²) in [6, 6.07) is 8.48. The van der Waals surface area contributed by atoms with Gasteiger partial charge in [-0.25, -0.2) is 0 Å². The Hall–Kier alpha value is -1.88. The van der Waals surface area contributed by atoms with Crippen LogP contribution in [0.3, 0.4) is 0 Å². The van der Waals surface area contributed by atoms with Crippen LogP contribution in [0, 0.1) is 0 Å². The second-order valence-electron chi connectivity index (χ2n) is 6.78. The number of hydrogen-bond donors (Lipinski definition) is 1. The van der Waals surface area contributed by atoms with Crippen molar-refractivity contribution in [3.63, 3.8) is 0 Å². The maximum atomic E-state index is 5.76. The van der Waals surface area contributed by atoms with Gasteiger partial charge in [-0.15, -0.1) is 0 Å². The van der Waals surface area contributed by atoms with E-state index in [2.05, 4.69) is 15.2 Å². The molecule has 0 spiro atoms. The van der Waals surface area contributed by atoms with E-state index in [4.69, 9.17) is 16.6 Å². The highest BCUT2D eigenvalue weighted by Crippen LogP contribution is 2.18. The summed E-state index contributed by atoms with van der Waals surface area (Å²) >= 11 is 5.76. The van der Waals surface area contributed by atoms with Crippen LogP contribution in [-0.2, 0) is 13.1 Å². The van der Waals surface area contributed by atoms with E-state index in [0.29, 0.717) is 12.6 Å². The maximum Gasteiger partial charge on any atom is 0.169 e. The molecule has 1 aliphatic rings. The van der Waals surface area contributed by atoms with Crippen LogP contribution in [0.25, 0.3) is 0 Å². The predicted molar refractivity (Wildman–Crippen MR) is 104 cm³/mol. The van der Waals surface area contributed by atoms with Crippen molar-refractivity contribution in [2.24, 2.45) is 0 Å². The van der Waals surface area contributed by atoms with Gasteiger partial charge in [0, 0.05) is 25.0 Å². The fraction of sp³-hybridized carbons (Fsp3) is 0.500. The van der Waals surface area contributed by atoms with Gasteiger partial charge in [0.05, 0.1) is 12.8 Å². The van der Waals surface area contributed by atoms with Gasteiger partial charge in [-0.3, -0.25) is 4.98 Å². The first-order valence-electron chi connectivity index (χ1n) is 9.28. The molecule has 2 aromatic rings. The minimum atomic E-state index is 0.490. The molecule has 0 aliphatic heterocycles. The second kappa shape index (κ2) is 9.56. The summed E-state index contributed by atoms with van der Waals surface area (Å²) in [5.74, 6) is 0.927. The first kappa shape index (κ1) is 17.9. The Bertz CT molecular complexity index is 622. The molecule has 1 saturated carbocycles. The van der Waals surface area contributed by atoms with Crippen LogP contribution >= 0.6 is 12.2 Å². The van der Waals surface area contributed by atoms with Crippen LogP contribution in [-0.4, -0.2) is 21.0 Å². The van der Waals surface area contributed by atoms with Crippen molar-refractivity contribution in [3.05, 3.63) is 54.2 Å². The van der Waals surface area contributed by atoms with E-state index in [0.717, 1.165) is 17.4 Å². The van der Waals surface area contributed by atoms with E-state index in [9.17, 15) is 0 Å². The standard InChI is InChI=1S/C20H27N3OS/c25-20(22-18-7-4-2-1-3-5-8-18)23(16-19-9-6-14-24-19)15-17-10-12-21-13-11-17/h6,9-14,18H,1-5,7-8,15-16H2,(H,22,25). The number of thiocarbonyl (C=S) groups is 1. The fourth-order valence-corrected chi connectivity index (χ4v) is 3.66. The number of hydrogen-bond acceptors (Lipinski definition) is 3. The van der Waals surface area contributed by atoms with Crippen LogP contribution < -0.4 is 5.32 Å². The lowest BCUT2D eigenvalue weighted by molar-refractivity contribution is 0.338. The van der Waals surface area contributed by atoms with E-state index in [1.54, 1.807) is 6.26 Å². The molecule has 0 unspecified atom stereocenters. The van der Waals surface area contributed by atoms with Crippen molar-refractivity contribution in [1.82, 2.24) is 15.2 Å². The third-order valence-electron chi connectivity index (χ3n) is 4.77. The monoisotopic (exact) mass is 357 g/mol. The normalized spacial score (nSPS) is 16.0. The molecule has 0 bridgehead atoms. The lowest BCUT2D eigenvalue weighted by Crippen LogP contribution is -2.44. The first-order valence-corrected chi connectivity index (χ1v) is 9.69. The molecule has 25 heavy (non-hydrogen) atoms. The minimum absolute atomic E-state index is 0.490. The average molecular weight is 358 g/mol. The zero-order chi connectivity index (χ0) is 17.3. The molecule has 1 N–H and O–H groups in total. The van der Waals surface area contributed by atoms with E-state index >= 15 is 0 Å². The van der Waals surface area contributed by atoms with Gasteiger partial charge >= 0.3 is 0 Å². The SMILES string of the molecule is S=C(NC1CCCCCCC1)N(Cc1ccncc1)Cc1ccco1. The first-order chi connectivity index (χ1) is 12.3.